The van der Waals surface area contributed by atoms with E-state index < -0.39 is 5.97 Å². The van der Waals surface area contributed by atoms with E-state index in [1.165, 1.54) is 0 Å². The number of carboxylic acids is 1. The zero-order valence-corrected chi connectivity index (χ0v) is 11.9. The molecule has 0 aliphatic carbocycles. The monoisotopic (exact) mass is 271 g/mol. The highest BCUT2D eigenvalue weighted by atomic mass is 32.2. The molecule has 1 N–H and O–H groups in total. The molecule has 1 fully saturated rings. The third-order valence-electron chi connectivity index (χ3n) is 3.25. The maximum atomic E-state index is 10.5. The minimum Gasteiger partial charge on any atom is -0.481 e. The summed E-state index contributed by atoms with van der Waals surface area (Å²) in [6.45, 7) is 9.79. The Morgan fingerprint density at radius 2 is 2.06 bits per heavy atom. The third-order valence-corrected chi connectivity index (χ3v) is 4.50. The van der Waals surface area contributed by atoms with Gasteiger partial charge in [-0.05, 0) is 13.8 Å². The highest BCUT2D eigenvalue weighted by Crippen LogP contribution is 2.33. The smallest absolute Gasteiger partial charge is 0.304 e. The van der Waals surface area contributed by atoms with E-state index in [2.05, 4.69) is 28.6 Å². The number of carbonyl (C=O) groups is 1. The molecule has 0 aromatic rings. The van der Waals surface area contributed by atoms with Gasteiger partial charge in [-0.25, -0.2) is 0 Å². The van der Waals surface area contributed by atoms with E-state index in [9.17, 15) is 4.79 Å². The zero-order chi connectivity index (χ0) is 13.2. The topological polar surface area (TPSA) is 56.1 Å². The van der Waals surface area contributed by atoms with Gasteiger partial charge in [-0.2, -0.15) is 0 Å². The second-order valence-corrected chi connectivity index (χ2v) is 7.11. The summed E-state index contributed by atoms with van der Waals surface area (Å²) in [7, 11) is 0. The molecule has 0 unspecified atom stereocenters. The number of aliphatic imine (C=N–C) groups is 1. The molecule has 0 spiro atoms. The van der Waals surface area contributed by atoms with Gasteiger partial charge in [-0.3, -0.25) is 14.7 Å². The van der Waals surface area contributed by atoms with Crippen molar-refractivity contribution in [3.8, 4) is 0 Å². The number of rotatable bonds is 3. The molecule has 6 heteroatoms. The van der Waals surface area contributed by atoms with Crippen LogP contribution in [0, 0.1) is 0 Å². The van der Waals surface area contributed by atoms with Gasteiger partial charge in [0.25, 0.3) is 0 Å². The fourth-order valence-electron chi connectivity index (χ4n) is 2.15. The summed E-state index contributed by atoms with van der Waals surface area (Å²) < 4.78 is 0.232. The Morgan fingerprint density at radius 1 is 1.39 bits per heavy atom. The SMILES string of the molecule is CC1(C)CN=C(N2CCN(CCC(=O)O)CC2)S1. The molecule has 2 heterocycles. The fraction of sp³-hybridized carbons (Fsp3) is 0.833. The molecular weight excluding hydrogens is 250 g/mol. The molecule has 2 rings (SSSR count). The van der Waals surface area contributed by atoms with Gasteiger partial charge in [-0.1, -0.05) is 11.8 Å². The molecule has 0 radical (unpaired) electrons. The van der Waals surface area contributed by atoms with Crippen molar-refractivity contribution in [2.45, 2.75) is 25.0 Å². The second-order valence-electron chi connectivity index (χ2n) is 5.43. The van der Waals surface area contributed by atoms with Crippen molar-refractivity contribution >= 4 is 22.9 Å². The normalized spacial score (nSPS) is 24.1. The lowest BCUT2D eigenvalue weighted by atomic mass is 10.2. The van der Waals surface area contributed by atoms with Gasteiger partial charge < -0.3 is 10.0 Å². The van der Waals surface area contributed by atoms with Gasteiger partial charge in [0, 0.05) is 37.5 Å². The van der Waals surface area contributed by atoms with E-state index in [0.717, 1.165) is 37.9 Å². The molecule has 1 saturated heterocycles. The zero-order valence-electron chi connectivity index (χ0n) is 11.1. The van der Waals surface area contributed by atoms with Crippen LogP contribution in [0.3, 0.4) is 0 Å². The first-order valence-corrected chi connectivity index (χ1v) is 7.20. The summed E-state index contributed by atoms with van der Waals surface area (Å²) in [6, 6.07) is 0. The molecule has 102 valence electrons. The number of amidine groups is 1. The molecule has 0 atom stereocenters. The van der Waals surface area contributed by atoms with E-state index >= 15 is 0 Å². The fourth-order valence-corrected chi connectivity index (χ4v) is 3.21. The largest absolute Gasteiger partial charge is 0.481 e. The first-order valence-electron chi connectivity index (χ1n) is 6.39. The maximum absolute atomic E-state index is 10.5. The van der Waals surface area contributed by atoms with Crippen molar-refractivity contribution in [3.05, 3.63) is 0 Å². The van der Waals surface area contributed by atoms with Crippen molar-refractivity contribution in [1.82, 2.24) is 9.80 Å². The third kappa shape index (κ3) is 3.62. The number of piperazine rings is 1. The summed E-state index contributed by atoms with van der Waals surface area (Å²) >= 11 is 1.86. The Labute approximate surface area is 112 Å². The summed E-state index contributed by atoms with van der Waals surface area (Å²) in [5.41, 5.74) is 0. The van der Waals surface area contributed by atoms with Gasteiger partial charge in [0.15, 0.2) is 5.17 Å². The van der Waals surface area contributed by atoms with E-state index in [0.29, 0.717) is 6.54 Å². The lowest BCUT2D eigenvalue weighted by Gasteiger charge is -2.35. The molecule has 2 aliphatic heterocycles. The van der Waals surface area contributed by atoms with E-state index in [1.54, 1.807) is 0 Å². The molecule has 2 aliphatic rings. The Balaban J connectivity index is 1.75. The highest BCUT2D eigenvalue weighted by Gasteiger charge is 2.31. The molecular formula is C12H21N3O2S. The summed E-state index contributed by atoms with van der Waals surface area (Å²) in [5, 5.41) is 9.83. The van der Waals surface area contributed by atoms with Crippen LogP contribution in [0.2, 0.25) is 0 Å². The minimum absolute atomic E-state index is 0.232. The van der Waals surface area contributed by atoms with Crippen molar-refractivity contribution in [2.24, 2.45) is 4.99 Å². The Hall–Kier alpha value is -0.750. The lowest BCUT2D eigenvalue weighted by Crippen LogP contribution is -2.48. The highest BCUT2D eigenvalue weighted by molar-refractivity contribution is 8.15. The maximum Gasteiger partial charge on any atom is 0.304 e. The standard InChI is InChI=1S/C12H21N3O2S/c1-12(2)9-13-11(18-12)15-7-5-14(6-8-15)4-3-10(16)17/h3-9H2,1-2H3,(H,16,17). The Morgan fingerprint density at radius 3 is 2.56 bits per heavy atom. The molecule has 5 nitrogen and oxygen atoms in total. The van der Waals surface area contributed by atoms with Crippen LogP contribution in [0.25, 0.3) is 0 Å². The average Bonchev–Trinajstić information content (AvgIpc) is 2.68. The van der Waals surface area contributed by atoms with Crippen LogP contribution in [0.15, 0.2) is 4.99 Å². The van der Waals surface area contributed by atoms with Crippen molar-refractivity contribution < 1.29 is 9.90 Å². The van der Waals surface area contributed by atoms with Crippen LogP contribution < -0.4 is 0 Å². The lowest BCUT2D eigenvalue weighted by molar-refractivity contribution is -0.137. The summed E-state index contributed by atoms with van der Waals surface area (Å²) in [5.74, 6) is -0.713. The summed E-state index contributed by atoms with van der Waals surface area (Å²) in [4.78, 5) is 19.7. The van der Waals surface area contributed by atoms with Crippen molar-refractivity contribution in [2.75, 3.05) is 39.3 Å². The van der Waals surface area contributed by atoms with Crippen molar-refractivity contribution in [1.29, 1.82) is 0 Å². The predicted octanol–water partition coefficient (Wildman–Crippen LogP) is 0.960. The van der Waals surface area contributed by atoms with Crippen LogP contribution in [0.1, 0.15) is 20.3 Å². The number of carboxylic acid groups (broad SMARTS) is 1. The molecule has 0 bridgehead atoms. The molecule has 0 saturated carbocycles. The molecule has 0 aromatic carbocycles. The molecule has 0 amide bonds. The van der Waals surface area contributed by atoms with Gasteiger partial charge in [-0.15, -0.1) is 0 Å². The first-order chi connectivity index (χ1) is 8.46. The van der Waals surface area contributed by atoms with E-state index in [4.69, 9.17) is 5.11 Å². The number of aliphatic carboxylic acids is 1. The molecule has 0 aromatic heterocycles. The second kappa shape index (κ2) is 5.48. The number of thioether (sulfide) groups is 1. The Kier molecular flexibility index (Phi) is 4.17. The number of nitrogens with zero attached hydrogens (tertiary/aromatic N) is 3. The van der Waals surface area contributed by atoms with Crippen molar-refractivity contribution in [3.63, 3.8) is 0 Å². The van der Waals surface area contributed by atoms with Crippen LogP contribution >= 0.6 is 11.8 Å². The van der Waals surface area contributed by atoms with E-state index in [1.807, 2.05) is 11.8 Å². The molecule has 18 heavy (non-hydrogen) atoms. The number of hydrogen-bond donors (Lipinski definition) is 1. The van der Waals surface area contributed by atoms with Gasteiger partial charge >= 0.3 is 5.97 Å². The summed E-state index contributed by atoms with van der Waals surface area (Å²) in [6.07, 6.45) is 0.239. The quantitative estimate of drug-likeness (QED) is 0.828. The van der Waals surface area contributed by atoms with Gasteiger partial charge in [0.1, 0.15) is 0 Å². The Bertz CT molecular complexity index is 349. The predicted molar refractivity (Wildman–Crippen MR) is 74.2 cm³/mol. The van der Waals surface area contributed by atoms with Crippen LogP contribution in [-0.2, 0) is 4.79 Å². The van der Waals surface area contributed by atoms with Gasteiger partial charge in [0.2, 0.25) is 0 Å². The van der Waals surface area contributed by atoms with Crippen LogP contribution in [0.4, 0.5) is 0 Å². The number of hydrogen-bond acceptors (Lipinski definition) is 5. The van der Waals surface area contributed by atoms with Crippen LogP contribution in [-0.4, -0.2) is 70.1 Å². The first kappa shape index (κ1) is 13.7. The average molecular weight is 271 g/mol. The minimum atomic E-state index is -0.713. The van der Waals surface area contributed by atoms with Crippen LogP contribution in [0.5, 0.6) is 0 Å². The van der Waals surface area contributed by atoms with Gasteiger partial charge in [0.05, 0.1) is 13.0 Å². The van der Waals surface area contributed by atoms with E-state index in [-0.39, 0.29) is 11.2 Å².